The lowest BCUT2D eigenvalue weighted by atomic mass is 10.2. The van der Waals surface area contributed by atoms with Crippen molar-refractivity contribution in [2.75, 3.05) is 5.32 Å². The molecule has 0 radical (unpaired) electrons. The smallest absolute Gasteiger partial charge is 0.271 e. The van der Waals surface area contributed by atoms with Crippen molar-refractivity contribution < 1.29 is 9.59 Å². The van der Waals surface area contributed by atoms with E-state index in [0.29, 0.717) is 16.8 Å². The third-order valence-corrected chi connectivity index (χ3v) is 3.86. The Morgan fingerprint density at radius 2 is 1.32 bits per heavy atom. The van der Waals surface area contributed by atoms with Crippen LogP contribution in [-0.4, -0.2) is 18.0 Å². The third-order valence-electron chi connectivity index (χ3n) is 3.86. The maximum Gasteiger partial charge on any atom is 0.271 e. The molecule has 2 N–H and O–H groups in total. The molecule has 0 aliphatic heterocycles. The minimum atomic E-state index is -0.328. The Balaban J connectivity index is 1.51. The van der Waals surface area contributed by atoms with Crippen LogP contribution in [0.3, 0.4) is 0 Å². The van der Waals surface area contributed by atoms with Crippen LogP contribution in [0.1, 0.15) is 26.3 Å². The van der Waals surface area contributed by atoms with Gasteiger partial charge in [-0.05, 0) is 48.0 Å². The average Bonchev–Trinajstić information content (AvgIpc) is 2.75. The zero-order valence-electron chi connectivity index (χ0n) is 15.1. The molecule has 0 aromatic heterocycles. The summed E-state index contributed by atoms with van der Waals surface area (Å²) in [6.07, 6.45) is 5.15. The maximum absolute atomic E-state index is 12.1. The fourth-order valence-corrected chi connectivity index (χ4v) is 2.42. The molecule has 5 heteroatoms. The predicted molar refractivity (Wildman–Crippen MR) is 112 cm³/mol. The van der Waals surface area contributed by atoms with Crippen LogP contribution in [0.15, 0.2) is 96.1 Å². The summed E-state index contributed by atoms with van der Waals surface area (Å²) in [6.45, 7) is 0. The first-order chi connectivity index (χ1) is 13.7. The van der Waals surface area contributed by atoms with Gasteiger partial charge in [0.2, 0.25) is 0 Å². The molecule has 138 valence electrons. The number of carbonyl (C=O) groups excluding carboxylic acids is 2. The minimum absolute atomic E-state index is 0.201. The van der Waals surface area contributed by atoms with Crippen LogP contribution in [0.2, 0.25) is 0 Å². The number of amides is 2. The van der Waals surface area contributed by atoms with Crippen molar-refractivity contribution in [3.05, 3.63) is 108 Å². The van der Waals surface area contributed by atoms with Gasteiger partial charge in [-0.3, -0.25) is 9.59 Å². The number of rotatable bonds is 6. The van der Waals surface area contributed by atoms with Crippen LogP contribution in [0.4, 0.5) is 5.69 Å². The summed E-state index contributed by atoms with van der Waals surface area (Å²) in [5.41, 5.74) is 5.14. The van der Waals surface area contributed by atoms with Gasteiger partial charge in [-0.25, -0.2) is 5.43 Å². The van der Waals surface area contributed by atoms with E-state index in [9.17, 15) is 9.59 Å². The number of nitrogens with zero attached hydrogens (tertiary/aromatic N) is 1. The average molecular weight is 369 g/mol. The zero-order chi connectivity index (χ0) is 19.6. The number of hydrazone groups is 1. The van der Waals surface area contributed by atoms with E-state index in [1.165, 1.54) is 6.21 Å². The molecule has 2 amide bonds. The molecule has 0 heterocycles. The summed E-state index contributed by atoms with van der Waals surface area (Å²) in [6, 6.07) is 25.3. The highest BCUT2D eigenvalue weighted by Gasteiger charge is 2.07. The Kier molecular flexibility index (Phi) is 6.47. The second kappa shape index (κ2) is 9.64. The molecular weight excluding hydrogens is 350 g/mol. The van der Waals surface area contributed by atoms with Crippen molar-refractivity contribution in [1.29, 1.82) is 0 Å². The van der Waals surface area contributed by atoms with Gasteiger partial charge in [-0.2, -0.15) is 5.10 Å². The Hall–Kier alpha value is -3.99. The van der Waals surface area contributed by atoms with E-state index in [1.54, 1.807) is 54.6 Å². The van der Waals surface area contributed by atoms with Gasteiger partial charge in [0.05, 0.1) is 0 Å². The lowest BCUT2D eigenvalue weighted by Crippen LogP contribution is -2.17. The van der Waals surface area contributed by atoms with Crippen LogP contribution in [0, 0.1) is 0 Å². The van der Waals surface area contributed by atoms with Gasteiger partial charge in [0.1, 0.15) is 0 Å². The molecule has 5 nitrogen and oxygen atoms in total. The molecule has 0 unspecified atom stereocenters. The number of carbonyl (C=O) groups is 2. The van der Waals surface area contributed by atoms with E-state index >= 15 is 0 Å². The van der Waals surface area contributed by atoms with Crippen molar-refractivity contribution in [3.63, 3.8) is 0 Å². The van der Waals surface area contributed by atoms with E-state index in [-0.39, 0.29) is 11.8 Å². The fourth-order valence-electron chi connectivity index (χ4n) is 2.42. The quantitative estimate of drug-likeness (QED) is 0.500. The number of nitrogens with one attached hydrogen (secondary N) is 2. The molecule has 0 bridgehead atoms. The molecule has 28 heavy (non-hydrogen) atoms. The summed E-state index contributed by atoms with van der Waals surface area (Å²) in [5, 5.41) is 6.68. The topological polar surface area (TPSA) is 70.6 Å². The Morgan fingerprint density at radius 3 is 2.00 bits per heavy atom. The van der Waals surface area contributed by atoms with Gasteiger partial charge in [0.25, 0.3) is 11.8 Å². The summed E-state index contributed by atoms with van der Waals surface area (Å²) in [4.78, 5) is 24.2. The SMILES string of the molecule is O=C(NN=CC=Cc1ccccc1)c1ccc(NC(=O)c2ccccc2)cc1. The molecule has 0 spiro atoms. The van der Waals surface area contributed by atoms with Crippen LogP contribution in [0.25, 0.3) is 6.08 Å². The molecule has 0 aliphatic carbocycles. The predicted octanol–water partition coefficient (Wildman–Crippen LogP) is 4.37. The van der Waals surface area contributed by atoms with E-state index < -0.39 is 0 Å². The molecule has 0 saturated carbocycles. The van der Waals surface area contributed by atoms with E-state index in [0.717, 1.165) is 5.56 Å². The molecule has 0 saturated heterocycles. The Morgan fingerprint density at radius 1 is 0.714 bits per heavy atom. The first-order valence-corrected chi connectivity index (χ1v) is 8.74. The highest BCUT2D eigenvalue weighted by molar-refractivity contribution is 6.04. The number of allylic oxidation sites excluding steroid dienone is 1. The van der Waals surface area contributed by atoms with Gasteiger partial charge in [0.15, 0.2) is 0 Å². The van der Waals surface area contributed by atoms with Gasteiger partial charge < -0.3 is 5.32 Å². The van der Waals surface area contributed by atoms with Gasteiger partial charge in [0, 0.05) is 23.0 Å². The van der Waals surface area contributed by atoms with Crippen LogP contribution < -0.4 is 10.7 Å². The molecule has 3 aromatic rings. The molecule has 0 aliphatic rings. The van der Waals surface area contributed by atoms with Gasteiger partial charge in [-0.15, -0.1) is 0 Å². The number of benzene rings is 3. The van der Waals surface area contributed by atoms with Crippen LogP contribution >= 0.6 is 0 Å². The second-order valence-corrected chi connectivity index (χ2v) is 5.89. The van der Waals surface area contributed by atoms with E-state index in [1.807, 2.05) is 42.5 Å². The second-order valence-electron chi connectivity index (χ2n) is 5.89. The van der Waals surface area contributed by atoms with Gasteiger partial charge in [-0.1, -0.05) is 54.6 Å². The minimum Gasteiger partial charge on any atom is -0.322 e. The Labute approximate surface area is 163 Å². The fraction of sp³-hybridized carbons (Fsp3) is 0. The maximum atomic E-state index is 12.1. The third kappa shape index (κ3) is 5.51. The lowest BCUT2D eigenvalue weighted by molar-refractivity contribution is 0.0954. The first kappa shape index (κ1) is 18.8. The summed E-state index contributed by atoms with van der Waals surface area (Å²) < 4.78 is 0. The molecule has 3 rings (SSSR count). The molecular formula is C23H19N3O2. The summed E-state index contributed by atoms with van der Waals surface area (Å²) in [7, 11) is 0. The highest BCUT2D eigenvalue weighted by atomic mass is 16.2. The van der Waals surface area contributed by atoms with Crippen molar-refractivity contribution in [2.24, 2.45) is 5.10 Å². The summed E-state index contributed by atoms with van der Waals surface area (Å²) >= 11 is 0. The van der Waals surface area contributed by atoms with Crippen molar-refractivity contribution in [3.8, 4) is 0 Å². The first-order valence-electron chi connectivity index (χ1n) is 8.74. The van der Waals surface area contributed by atoms with E-state index in [4.69, 9.17) is 0 Å². The zero-order valence-corrected chi connectivity index (χ0v) is 15.1. The molecule has 0 fully saturated rings. The van der Waals surface area contributed by atoms with E-state index in [2.05, 4.69) is 15.8 Å². The van der Waals surface area contributed by atoms with Crippen LogP contribution in [-0.2, 0) is 0 Å². The van der Waals surface area contributed by atoms with Gasteiger partial charge >= 0.3 is 0 Å². The van der Waals surface area contributed by atoms with Crippen molar-refractivity contribution in [2.45, 2.75) is 0 Å². The number of hydrogen-bond donors (Lipinski definition) is 2. The molecule has 3 aromatic carbocycles. The largest absolute Gasteiger partial charge is 0.322 e. The summed E-state index contributed by atoms with van der Waals surface area (Å²) in [5.74, 6) is -0.530. The number of hydrogen-bond acceptors (Lipinski definition) is 3. The monoisotopic (exact) mass is 369 g/mol. The lowest BCUT2D eigenvalue weighted by Gasteiger charge is -2.06. The van der Waals surface area contributed by atoms with Crippen LogP contribution in [0.5, 0.6) is 0 Å². The highest BCUT2D eigenvalue weighted by Crippen LogP contribution is 2.11. The normalized spacial score (nSPS) is 10.9. The molecule has 0 atom stereocenters. The Bertz CT molecular complexity index is 979. The standard InChI is InChI=1S/C23H19N3O2/c27-22(19-11-5-2-6-12-19)25-21-15-13-20(14-16-21)23(28)26-24-17-7-10-18-8-3-1-4-9-18/h1-17H,(H,25,27)(H,26,28). The number of anilines is 1. The van der Waals surface area contributed by atoms with Crippen molar-refractivity contribution in [1.82, 2.24) is 5.43 Å². The van der Waals surface area contributed by atoms with Crippen molar-refractivity contribution >= 4 is 29.8 Å².